The second-order valence-electron chi connectivity index (χ2n) is 8.57. The fourth-order valence-electron chi connectivity index (χ4n) is 4.66. The van der Waals surface area contributed by atoms with Gasteiger partial charge in [-0.25, -0.2) is 8.42 Å². The molecule has 0 radical (unpaired) electrons. The Bertz CT molecular complexity index is 890. The van der Waals surface area contributed by atoms with Gasteiger partial charge in [0.25, 0.3) is 5.91 Å². The van der Waals surface area contributed by atoms with Crippen molar-refractivity contribution in [2.75, 3.05) is 32.7 Å². The normalized spacial score (nSPS) is 21.1. The van der Waals surface area contributed by atoms with Crippen LogP contribution in [0.2, 0.25) is 0 Å². The van der Waals surface area contributed by atoms with Crippen molar-refractivity contribution in [1.29, 1.82) is 0 Å². The van der Waals surface area contributed by atoms with E-state index in [2.05, 4.69) is 0 Å². The molecule has 2 saturated heterocycles. The van der Waals surface area contributed by atoms with Gasteiger partial charge in [-0.3, -0.25) is 9.59 Å². The minimum atomic E-state index is -3.62. The van der Waals surface area contributed by atoms with Gasteiger partial charge >= 0.3 is 0 Å². The summed E-state index contributed by atoms with van der Waals surface area (Å²) in [7, 11) is -3.62. The van der Waals surface area contributed by atoms with Crippen molar-refractivity contribution in [2.45, 2.75) is 63.8 Å². The molecule has 2 aliphatic heterocycles. The van der Waals surface area contributed by atoms with Gasteiger partial charge in [0.05, 0.1) is 4.90 Å². The number of rotatable bonds is 6. The lowest BCUT2D eigenvalue weighted by molar-refractivity contribution is -0.136. The van der Waals surface area contributed by atoms with E-state index in [4.69, 9.17) is 0 Å². The second kappa shape index (κ2) is 10.1. The number of benzene rings is 1. The van der Waals surface area contributed by atoms with Crippen LogP contribution in [0.5, 0.6) is 0 Å². The van der Waals surface area contributed by atoms with Crippen LogP contribution in [0.1, 0.15) is 63.2 Å². The van der Waals surface area contributed by atoms with Crippen LogP contribution in [-0.2, 0) is 14.8 Å². The summed E-state index contributed by atoms with van der Waals surface area (Å²) in [4.78, 5) is 29.4. The average Bonchev–Trinajstić information content (AvgIpc) is 2.79. The number of nitrogens with zero attached hydrogens (tertiary/aromatic N) is 3. The van der Waals surface area contributed by atoms with Crippen LogP contribution >= 0.6 is 0 Å². The number of carbonyl (C=O) groups is 2. The molecule has 0 aromatic heterocycles. The molecule has 1 aromatic rings. The molecule has 3 rings (SSSR count). The van der Waals surface area contributed by atoms with Crippen LogP contribution in [0.25, 0.3) is 0 Å². The number of piperidine rings is 2. The number of hydrogen-bond donors (Lipinski definition) is 0. The van der Waals surface area contributed by atoms with E-state index < -0.39 is 10.0 Å². The van der Waals surface area contributed by atoms with Gasteiger partial charge in [-0.05, 0) is 64.7 Å². The van der Waals surface area contributed by atoms with Gasteiger partial charge in [-0.2, -0.15) is 4.31 Å². The van der Waals surface area contributed by atoms with Crippen LogP contribution in [0, 0.1) is 5.92 Å². The van der Waals surface area contributed by atoms with Crippen molar-refractivity contribution >= 4 is 21.8 Å². The van der Waals surface area contributed by atoms with Crippen LogP contribution in [0.4, 0.5) is 0 Å². The maximum absolute atomic E-state index is 13.1. The zero-order valence-corrected chi connectivity index (χ0v) is 19.7. The van der Waals surface area contributed by atoms with Gasteiger partial charge in [-0.1, -0.05) is 12.5 Å². The van der Waals surface area contributed by atoms with Crippen molar-refractivity contribution in [2.24, 2.45) is 5.92 Å². The summed E-state index contributed by atoms with van der Waals surface area (Å²) < 4.78 is 27.9. The standard InChI is InChI=1S/C23H35N3O4S/c1-4-24(5-2)22(27)19-12-15-25(16-13-19)23(28)20-10-8-11-21(17-20)31(29,30)26-14-7-6-9-18(26)3/h8,10-11,17-19H,4-7,9,12-16H2,1-3H3. The Balaban J connectivity index is 1.69. The van der Waals surface area contributed by atoms with Crippen molar-refractivity contribution < 1.29 is 18.0 Å². The first-order chi connectivity index (χ1) is 14.8. The van der Waals surface area contributed by atoms with Crippen molar-refractivity contribution in [1.82, 2.24) is 14.1 Å². The first kappa shape index (κ1) is 23.7. The van der Waals surface area contributed by atoms with E-state index in [-0.39, 0.29) is 28.7 Å². The van der Waals surface area contributed by atoms with E-state index >= 15 is 0 Å². The van der Waals surface area contributed by atoms with Crippen LogP contribution < -0.4 is 0 Å². The zero-order valence-electron chi connectivity index (χ0n) is 18.9. The molecule has 0 N–H and O–H groups in total. The molecule has 0 saturated carbocycles. The highest BCUT2D eigenvalue weighted by molar-refractivity contribution is 7.89. The zero-order chi connectivity index (χ0) is 22.6. The number of likely N-dealkylation sites (tertiary alicyclic amines) is 1. The molecule has 2 fully saturated rings. The third-order valence-corrected chi connectivity index (χ3v) is 8.65. The predicted octanol–water partition coefficient (Wildman–Crippen LogP) is 2.97. The summed E-state index contributed by atoms with van der Waals surface area (Å²) in [5.74, 6) is -0.0467. The Morgan fingerprint density at radius 3 is 2.32 bits per heavy atom. The van der Waals surface area contributed by atoms with Crippen molar-refractivity contribution in [3.05, 3.63) is 29.8 Å². The monoisotopic (exact) mass is 449 g/mol. The van der Waals surface area contributed by atoms with Gasteiger partial charge < -0.3 is 9.80 Å². The Kier molecular flexibility index (Phi) is 7.75. The van der Waals surface area contributed by atoms with Crippen LogP contribution in [-0.4, -0.2) is 73.1 Å². The molecule has 2 amide bonds. The van der Waals surface area contributed by atoms with Crippen LogP contribution in [0.15, 0.2) is 29.2 Å². The summed E-state index contributed by atoms with van der Waals surface area (Å²) in [6.45, 7) is 8.84. The highest BCUT2D eigenvalue weighted by Crippen LogP contribution is 2.27. The van der Waals surface area contributed by atoms with Gasteiger partial charge in [0.1, 0.15) is 0 Å². The molecule has 0 bridgehead atoms. The van der Waals surface area contributed by atoms with Gasteiger partial charge in [0.15, 0.2) is 0 Å². The first-order valence-corrected chi connectivity index (χ1v) is 12.9. The lowest BCUT2D eigenvalue weighted by atomic mass is 9.94. The molecule has 172 valence electrons. The summed E-state index contributed by atoms with van der Waals surface area (Å²) >= 11 is 0. The summed E-state index contributed by atoms with van der Waals surface area (Å²) in [6.07, 6.45) is 4.05. The molecule has 2 heterocycles. The molecule has 0 aliphatic carbocycles. The molecule has 7 nitrogen and oxygen atoms in total. The van der Waals surface area contributed by atoms with E-state index in [1.54, 1.807) is 27.4 Å². The smallest absolute Gasteiger partial charge is 0.253 e. The summed E-state index contributed by atoms with van der Waals surface area (Å²) in [5.41, 5.74) is 0.388. The topological polar surface area (TPSA) is 78.0 Å². The minimum absolute atomic E-state index is 0.0273. The Morgan fingerprint density at radius 1 is 1.03 bits per heavy atom. The van der Waals surface area contributed by atoms with Crippen molar-refractivity contribution in [3.63, 3.8) is 0 Å². The quantitative estimate of drug-likeness (QED) is 0.669. The number of hydrogen-bond acceptors (Lipinski definition) is 4. The lowest BCUT2D eigenvalue weighted by Crippen LogP contribution is -2.44. The van der Waals surface area contributed by atoms with Crippen LogP contribution in [0.3, 0.4) is 0 Å². The van der Waals surface area contributed by atoms with E-state index in [0.717, 1.165) is 19.3 Å². The molecule has 8 heteroatoms. The molecule has 1 aromatic carbocycles. The second-order valence-corrected chi connectivity index (χ2v) is 10.5. The molecule has 31 heavy (non-hydrogen) atoms. The number of amides is 2. The average molecular weight is 450 g/mol. The van der Waals surface area contributed by atoms with Gasteiger partial charge in [0.2, 0.25) is 15.9 Å². The summed E-state index contributed by atoms with van der Waals surface area (Å²) in [6, 6.07) is 6.37. The fourth-order valence-corrected chi connectivity index (χ4v) is 6.41. The van der Waals surface area contributed by atoms with E-state index in [1.807, 2.05) is 25.7 Å². The maximum atomic E-state index is 13.1. The largest absolute Gasteiger partial charge is 0.343 e. The molecule has 1 atom stereocenters. The Morgan fingerprint density at radius 2 is 1.71 bits per heavy atom. The molecular weight excluding hydrogens is 414 g/mol. The van der Waals surface area contributed by atoms with Gasteiger partial charge in [-0.15, -0.1) is 0 Å². The number of carbonyl (C=O) groups excluding carboxylic acids is 2. The third kappa shape index (κ3) is 5.12. The molecule has 1 unspecified atom stereocenters. The highest BCUT2D eigenvalue weighted by atomic mass is 32.2. The predicted molar refractivity (Wildman–Crippen MR) is 120 cm³/mol. The Labute approximate surface area is 186 Å². The lowest BCUT2D eigenvalue weighted by Gasteiger charge is -2.34. The van der Waals surface area contributed by atoms with E-state index in [1.165, 1.54) is 6.07 Å². The van der Waals surface area contributed by atoms with Gasteiger partial charge in [0, 0.05) is 50.2 Å². The Hall–Kier alpha value is -1.93. The van der Waals surface area contributed by atoms with Crippen molar-refractivity contribution in [3.8, 4) is 0 Å². The first-order valence-electron chi connectivity index (χ1n) is 11.5. The highest BCUT2D eigenvalue weighted by Gasteiger charge is 2.33. The summed E-state index contributed by atoms with van der Waals surface area (Å²) in [5, 5.41) is 0. The SMILES string of the molecule is CCN(CC)C(=O)C1CCN(C(=O)c2cccc(S(=O)(=O)N3CCCCC3C)c2)CC1. The molecular formula is C23H35N3O4S. The maximum Gasteiger partial charge on any atom is 0.253 e. The molecule has 2 aliphatic rings. The molecule has 0 spiro atoms. The van der Waals surface area contributed by atoms with E-state index in [9.17, 15) is 18.0 Å². The fraction of sp³-hybridized carbons (Fsp3) is 0.652. The van der Waals surface area contributed by atoms with E-state index in [0.29, 0.717) is 51.1 Å². The number of sulfonamides is 1. The minimum Gasteiger partial charge on any atom is -0.343 e. The third-order valence-electron chi connectivity index (χ3n) is 6.64.